The number of pyridine rings is 1. The zero-order chi connectivity index (χ0) is 22.3. The Bertz CT molecular complexity index is 1240. The number of nitrogens with zero attached hydrogens (tertiary/aromatic N) is 3. The van der Waals surface area contributed by atoms with E-state index in [9.17, 15) is 13.2 Å². The summed E-state index contributed by atoms with van der Waals surface area (Å²) in [6, 6.07) is 12.3. The highest BCUT2D eigenvalue weighted by atomic mass is 32.2. The van der Waals surface area contributed by atoms with Crippen LogP contribution in [0.4, 0.5) is 5.82 Å². The Morgan fingerprint density at radius 2 is 1.84 bits per heavy atom. The van der Waals surface area contributed by atoms with Gasteiger partial charge in [-0.05, 0) is 41.7 Å². The van der Waals surface area contributed by atoms with Crippen LogP contribution in [0, 0.1) is 5.92 Å². The maximum atomic E-state index is 12.2. The van der Waals surface area contributed by atoms with Gasteiger partial charge in [-0.1, -0.05) is 24.3 Å². The fourth-order valence-corrected chi connectivity index (χ4v) is 5.01. The molecule has 3 aromatic rings. The number of H-pyrrole nitrogens is 1. The van der Waals surface area contributed by atoms with E-state index >= 15 is 0 Å². The number of carbonyl (C=O) groups excluding carboxylic acids is 1. The van der Waals surface area contributed by atoms with Crippen molar-refractivity contribution in [3.63, 3.8) is 0 Å². The number of carbonyl (C=O) groups is 1. The molecule has 2 aliphatic rings. The van der Waals surface area contributed by atoms with Gasteiger partial charge in [-0.15, -0.1) is 0 Å². The lowest BCUT2D eigenvalue weighted by atomic mass is 10.0. The summed E-state index contributed by atoms with van der Waals surface area (Å²) in [7, 11) is -3.11. The highest BCUT2D eigenvalue weighted by molar-refractivity contribution is 7.88. The van der Waals surface area contributed by atoms with Gasteiger partial charge in [-0.3, -0.25) is 9.69 Å². The van der Waals surface area contributed by atoms with Crippen LogP contribution in [0.2, 0.25) is 0 Å². The van der Waals surface area contributed by atoms with E-state index in [1.54, 1.807) is 0 Å². The number of aromatic amines is 1. The third-order valence-electron chi connectivity index (χ3n) is 6.20. The van der Waals surface area contributed by atoms with E-state index in [1.165, 1.54) is 16.1 Å². The Labute approximate surface area is 187 Å². The fraction of sp³-hybridized carbons (Fsp3) is 0.391. The minimum absolute atomic E-state index is 0.0423. The maximum Gasteiger partial charge on any atom is 0.228 e. The molecule has 1 saturated carbocycles. The number of amides is 1. The van der Waals surface area contributed by atoms with Gasteiger partial charge in [0.2, 0.25) is 15.9 Å². The molecule has 0 bridgehead atoms. The van der Waals surface area contributed by atoms with Gasteiger partial charge in [0.15, 0.2) is 0 Å². The Morgan fingerprint density at radius 3 is 2.50 bits per heavy atom. The van der Waals surface area contributed by atoms with E-state index in [2.05, 4.69) is 44.5 Å². The number of aromatic nitrogens is 2. The molecule has 2 N–H and O–H groups in total. The van der Waals surface area contributed by atoms with Gasteiger partial charge in [0, 0.05) is 50.2 Å². The average Bonchev–Trinajstić information content (AvgIpc) is 3.52. The molecule has 2 aromatic heterocycles. The van der Waals surface area contributed by atoms with E-state index in [0.29, 0.717) is 18.9 Å². The van der Waals surface area contributed by atoms with E-state index in [0.717, 1.165) is 54.6 Å². The van der Waals surface area contributed by atoms with Crippen LogP contribution in [-0.2, 0) is 21.4 Å². The molecular formula is C23H27N5O3S. The molecule has 9 heteroatoms. The Hall–Kier alpha value is -2.75. The van der Waals surface area contributed by atoms with Crippen LogP contribution in [0.3, 0.4) is 0 Å². The molecule has 0 unspecified atom stereocenters. The van der Waals surface area contributed by atoms with Crippen molar-refractivity contribution in [2.24, 2.45) is 5.92 Å². The van der Waals surface area contributed by atoms with Crippen molar-refractivity contribution in [3.05, 3.63) is 48.2 Å². The van der Waals surface area contributed by atoms with Crippen molar-refractivity contribution in [2.75, 3.05) is 37.8 Å². The number of rotatable bonds is 6. The van der Waals surface area contributed by atoms with Crippen LogP contribution in [-0.4, -0.2) is 65.9 Å². The molecule has 168 valence electrons. The van der Waals surface area contributed by atoms with Crippen molar-refractivity contribution in [2.45, 2.75) is 19.4 Å². The molecule has 2 fully saturated rings. The number of nitrogens with one attached hydrogen (secondary N) is 2. The summed E-state index contributed by atoms with van der Waals surface area (Å²) in [5.74, 6) is 0.735. The molecule has 32 heavy (non-hydrogen) atoms. The van der Waals surface area contributed by atoms with Crippen LogP contribution in [0.5, 0.6) is 0 Å². The summed E-state index contributed by atoms with van der Waals surface area (Å²) in [5.41, 5.74) is 4.02. The van der Waals surface area contributed by atoms with Gasteiger partial charge >= 0.3 is 0 Å². The summed E-state index contributed by atoms with van der Waals surface area (Å²) >= 11 is 0. The zero-order valence-electron chi connectivity index (χ0n) is 18.0. The zero-order valence-corrected chi connectivity index (χ0v) is 18.9. The standard InChI is InChI=1S/C23H27N5O3S/c1-32(30,31)28-12-10-27(11-13-28)15-16-2-4-17(5-3-16)20-14-21(26-23(29)18-6-7-18)25-22-19(20)8-9-24-22/h2-5,8-9,14,18H,6-7,10-13,15H2,1H3,(H2,24,25,26,29). The molecule has 0 atom stereocenters. The van der Waals surface area contributed by atoms with E-state index in [-0.39, 0.29) is 11.8 Å². The van der Waals surface area contributed by atoms with Gasteiger partial charge in [-0.25, -0.2) is 13.4 Å². The number of anilines is 1. The first kappa shape index (κ1) is 21.1. The highest BCUT2D eigenvalue weighted by Gasteiger charge is 2.30. The van der Waals surface area contributed by atoms with Crippen molar-refractivity contribution in [1.82, 2.24) is 19.2 Å². The predicted octanol–water partition coefficient (Wildman–Crippen LogP) is 2.66. The third kappa shape index (κ3) is 4.55. The van der Waals surface area contributed by atoms with E-state index in [4.69, 9.17) is 0 Å². The number of hydrogen-bond donors (Lipinski definition) is 2. The predicted molar refractivity (Wildman–Crippen MR) is 125 cm³/mol. The smallest absolute Gasteiger partial charge is 0.228 e. The van der Waals surface area contributed by atoms with Gasteiger partial charge < -0.3 is 10.3 Å². The topological polar surface area (TPSA) is 98.4 Å². The first-order valence-corrected chi connectivity index (χ1v) is 12.8. The molecule has 1 aliphatic heterocycles. The first-order chi connectivity index (χ1) is 15.4. The molecule has 1 amide bonds. The van der Waals surface area contributed by atoms with Crippen LogP contribution < -0.4 is 5.32 Å². The summed E-state index contributed by atoms with van der Waals surface area (Å²) in [6.07, 6.45) is 5.03. The summed E-state index contributed by atoms with van der Waals surface area (Å²) in [4.78, 5) is 22.2. The molecule has 0 radical (unpaired) electrons. The average molecular weight is 454 g/mol. The molecule has 1 aliphatic carbocycles. The number of benzene rings is 1. The fourth-order valence-electron chi connectivity index (χ4n) is 4.18. The van der Waals surface area contributed by atoms with Crippen LogP contribution >= 0.6 is 0 Å². The van der Waals surface area contributed by atoms with Crippen molar-refractivity contribution in [1.29, 1.82) is 0 Å². The largest absolute Gasteiger partial charge is 0.346 e. The molecule has 5 rings (SSSR count). The van der Waals surface area contributed by atoms with Gasteiger partial charge in [0.1, 0.15) is 11.5 Å². The number of sulfonamides is 1. The number of hydrogen-bond acceptors (Lipinski definition) is 5. The second kappa shape index (κ2) is 8.31. The monoisotopic (exact) mass is 453 g/mol. The van der Waals surface area contributed by atoms with Crippen LogP contribution in [0.25, 0.3) is 22.2 Å². The maximum absolute atomic E-state index is 12.2. The molecule has 8 nitrogen and oxygen atoms in total. The van der Waals surface area contributed by atoms with Crippen molar-refractivity contribution < 1.29 is 13.2 Å². The summed E-state index contributed by atoms with van der Waals surface area (Å²) < 4.78 is 24.9. The quantitative estimate of drug-likeness (QED) is 0.598. The molecule has 0 spiro atoms. The molecular weight excluding hydrogens is 426 g/mol. The lowest BCUT2D eigenvalue weighted by molar-refractivity contribution is -0.117. The molecule has 1 aromatic carbocycles. The number of piperazine rings is 1. The number of fused-ring (bicyclic) bond motifs is 1. The lowest BCUT2D eigenvalue weighted by Gasteiger charge is -2.33. The summed E-state index contributed by atoms with van der Waals surface area (Å²) in [6.45, 7) is 3.32. The Balaban J connectivity index is 1.31. The first-order valence-electron chi connectivity index (χ1n) is 10.9. The van der Waals surface area contributed by atoms with E-state index < -0.39 is 10.0 Å². The van der Waals surface area contributed by atoms with Crippen LogP contribution in [0.15, 0.2) is 42.6 Å². The molecule has 3 heterocycles. The normalized spacial score (nSPS) is 18.2. The van der Waals surface area contributed by atoms with Crippen molar-refractivity contribution >= 4 is 32.8 Å². The van der Waals surface area contributed by atoms with Crippen molar-refractivity contribution in [3.8, 4) is 11.1 Å². The van der Waals surface area contributed by atoms with E-state index in [1.807, 2.05) is 18.3 Å². The van der Waals surface area contributed by atoms with Crippen LogP contribution in [0.1, 0.15) is 18.4 Å². The van der Waals surface area contributed by atoms with Gasteiger partial charge in [0.05, 0.1) is 6.26 Å². The second-order valence-corrected chi connectivity index (χ2v) is 10.7. The molecule has 1 saturated heterocycles. The SMILES string of the molecule is CS(=O)(=O)N1CCN(Cc2ccc(-c3cc(NC(=O)C4CC4)nc4[nH]ccc34)cc2)CC1. The second-order valence-electron chi connectivity index (χ2n) is 8.69. The minimum atomic E-state index is -3.11. The third-order valence-corrected chi connectivity index (χ3v) is 7.50. The lowest BCUT2D eigenvalue weighted by Crippen LogP contribution is -2.47. The minimum Gasteiger partial charge on any atom is -0.346 e. The van der Waals surface area contributed by atoms with Gasteiger partial charge in [0.25, 0.3) is 0 Å². The highest BCUT2D eigenvalue weighted by Crippen LogP contribution is 2.33. The summed E-state index contributed by atoms with van der Waals surface area (Å²) in [5, 5.41) is 3.97. The Kier molecular flexibility index (Phi) is 5.48. The van der Waals surface area contributed by atoms with Gasteiger partial charge in [-0.2, -0.15) is 4.31 Å². The Morgan fingerprint density at radius 1 is 1.12 bits per heavy atom.